The molecule has 1 rings (SSSR count). The Bertz CT molecular complexity index is 431. The largest absolute Gasteiger partial charge is 0.506 e. The van der Waals surface area contributed by atoms with Gasteiger partial charge in [0.25, 0.3) is 5.91 Å². The number of unbranched alkanes of at least 4 members (excludes halogenated alkanes) is 1. The lowest BCUT2D eigenvalue weighted by Gasteiger charge is -2.16. The Kier molecular flexibility index (Phi) is 5.78. The highest BCUT2D eigenvalue weighted by molar-refractivity contribution is 5.92. The number of aromatic nitrogens is 1. The second kappa shape index (κ2) is 7.35. The van der Waals surface area contributed by atoms with E-state index in [0.29, 0.717) is 6.42 Å². The number of rotatable bonds is 7. The molecule has 0 bridgehead atoms. The molecule has 0 spiro atoms. The van der Waals surface area contributed by atoms with E-state index in [1.165, 1.54) is 18.3 Å². The van der Waals surface area contributed by atoms with Crippen LogP contribution in [0, 0.1) is 0 Å². The minimum absolute atomic E-state index is 0.0235. The summed E-state index contributed by atoms with van der Waals surface area (Å²) in [7, 11) is 0. The van der Waals surface area contributed by atoms with Gasteiger partial charge in [-0.15, -0.1) is 0 Å². The van der Waals surface area contributed by atoms with Gasteiger partial charge in [-0.1, -0.05) is 19.8 Å². The van der Waals surface area contributed by atoms with E-state index in [-0.39, 0.29) is 17.9 Å². The molecule has 1 aromatic rings. The average Bonchev–Trinajstić information content (AvgIpc) is 2.36. The van der Waals surface area contributed by atoms with Gasteiger partial charge in [-0.3, -0.25) is 9.59 Å². The number of carbonyl (C=O) groups is 2. The van der Waals surface area contributed by atoms with E-state index in [2.05, 4.69) is 10.3 Å². The van der Waals surface area contributed by atoms with E-state index in [1.54, 1.807) is 0 Å². The van der Waals surface area contributed by atoms with Crippen molar-refractivity contribution in [2.75, 3.05) is 0 Å². The quantitative estimate of drug-likeness (QED) is 0.695. The van der Waals surface area contributed by atoms with Crippen LogP contribution in [0.3, 0.4) is 0 Å². The summed E-state index contributed by atoms with van der Waals surface area (Å²) in [5.41, 5.74) is 0.157. The summed E-state index contributed by atoms with van der Waals surface area (Å²) in [4.78, 5) is 26.4. The summed E-state index contributed by atoms with van der Waals surface area (Å²) in [6.07, 6.45) is 3.47. The van der Waals surface area contributed by atoms with Crippen LogP contribution in [-0.2, 0) is 4.79 Å². The fourth-order valence-electron chi connectivity index (χ4n) is 1.67. The predicted molar refractivity (Wildman–Crippen MR) is 68.9 cm³/mol. The second-order valence-electron chi connectivity index (χ2n) is 4.31. The van der Waals surface area contributed by atoms with Gasteiger partial charge >= 0.3 is 5.97 Å². The van der Waals surface area contributed by atoms with Gasteiger partial charge in [-0.05, 0) is 18.6 Å². The highest BCUT2D eigenvalue weighted by Gasteiger charge is 2.17. The Balaban J connectivity index is 2.63. The maximum absolute atomic E-state index is 11.9. The number of carboxylic acids is 1. The van der Waals surface area contributed by atoms with Gasteiger partial charge < -0.3 is 15.5 Å². The van der Waals surface area contributed by atoms with Crippen molar-refractivity contribution in [3.8, 4) is 5.75 Å². The molecule has 6 nitrogen and oxygen atoms in total. The van der Waals surface area contributed by atoms with Gasteiger partial charge in [0.05, 0.1) is 12.6 Å². The number of pyridine rings is 1. The Hall–Kier alpha value is -2.11. The van der Waals surface area contributed by atoms with Crippen LogP contribution >= 0.6 is 0 Å². The number of nitrogens with one attached hydrogen (secondary N) is 1. The minimum Gasteiger partial charge on any atom is -0.506 e. The maximum Gasteiger partial charge on any atom is 0.305 e. The molecule has 1 atom stereocenters. The number of hydrogen-bond donors (Lipinski definition) is 3. The van der Waals surface area contributed by atoms with Crippen LogP contribution < -0.4 is 5.32 Å². The first-order chi connectivity index (χ1) is 9.02. The number of carbonyl (C=O) groups excluding carboxylic acids is 1. The summed E-state index contributed by atoms with van der Waals surface area (Å²) in [5, 5.41) is 20.5. The third-order valence-electron chi connectivity index (χ3n) is 2.64. The molecule has 1 unspecified atom stereocenters. The van der Waals surface area contributed by atoms with Crippen molar-refractivity contribution >= 4 is 11.9 Å². The number of aliphatic carboxylic acids is 1. The molecule has 0 aliphatic carbocycles. The molecule has 0 fully saturated rings. The fourth-order valence-corrected chi connectivity index (χ4v) is 1.67. The van der Waals surface area contributed by atoms with Crippen molar-refractivity contribution in [3.63, 3.8) is 0 Å². The van der Waals surface area contributed by atoms with E-state index < -0.39 is 17.9 Å². The third-order valence-corrected chi connectivity index (χ3v) is 2.64. The van der Waals surface area contributed by atoms with Gasteiger partial charge in [0.15, 0.2) is 0 Å². The highest BCUT2D eigenvalue weighted by atomic mass is 16.4. The van der Waals surface area contributed by atoms with Gasteiger partial charge in [0.1, 0.15) is 11.4 Å². The number of hydrogen-bond acceptors (Lipinski definition) is 4. The van der Waals surface area contributed by atoms with E-state index in [4.69, 9.17) is 10.2 Å². The summed E-state index contributed by atoms with van der Waals surface area (Å²) >= 11 is 0. The molecule has 6 heteroatoms. The van der Waals surface area contributed by atoms with Crippen LogP contribution in [0.2, 0.25) is 0 Å². The zero-order valence-corrected chi connectivity index (χ0v) is 10.8. The molecule has 0 aliphatic heterocycles. The van der Waals surface area contributed by atoms with Crippen molar-refractivity contribution in [2.45, 2.75) is 38.6 Å². The molecule has 0 saturated heterocycles. The summed E-state index contributed by atoms with van der Waals surface area (Å²) in [6, 6.07) is 2.35. The van der Waals surface area contributed by atoms with Crippen LogP contribution in [0.15, 0.2) is 18.3 Å². The molecule has 0 aromatic carbocycles. The first kappa shape index (κ1) is 14.9. The highest BCUT2D eigenvalue weighted by Crippen LogP contribution is 2.08. The Morgan fingerprint density at radius 1 is 1.42 bits per heavy atom. The predicted octanol–water partition coefficient (Wildman–Crippen LogP) is 1.55. The van der Waals surface area contributed by atoms with E-state index in [9.17, 15) is 9.59 Å². The fraction of sp³-hybridized carbons (Fsp3) is 0.462. The average molecular weight is 266 g/mol. The molecule has 3 N–H and O–H groups in total. The molecule has 1 aromatic heterocycles. The van der Waals surface area contributed by atoms with E-state index in [1.807, 2.05) is 6.92 Å². The Morgan fingerprint density at radius 2 is 2.16 bits per heavy atom. The normalized spacial score (nSPS) is 11.8. The zero-order valence-electron chi connectivity index (χ0n) is 10.8. The summed E-state index contributed by atoms with van der Waals surface area (Å²) < 4.78 is 0. The molecule has 0 saturated carbocycles. The molecule has 0 radical (unpaired) electrons. The van der Waals surface area contributed by atoms with Crippen molar-refractivity contribution < 1.29 is 19.8 Å². The maximum atomic E-state index is 11.9. The molecule has 1 heterocycles. The molecule has 104 valence electrons. The lowest BCUT2D eigenvalue weighted by atomic mass is 10.1. The van der Waals surface area contributed by atoms with Crippen molar-refractivity contribution in [1.29, 1.82) is 0 Å². The van der Waals surface area contributed by atoms with Crippen LogP contribution in [-0.4, -0.2) is 33.1 Å². The van der Waals surface area contributed by atoms with Crippen LogP contribution in [0.4, 0.5) is 0 Å². The van der Waals surface area contributed by atoms with Gasteiger partial charge in [-0.2, -0.15) is 0 Å². The van der Waals surface area contributed by atoms with Gasteiger partial charge in [-0.25, -0.2) is 4.98 Å². The van der Waals surface area contributed by atoms with Gasteiger partial charge in [0, 0.05) is 6.04 Å². The molecule has 19 heavy (non-hydrogen) atoms. The first-order valence-electron chi connectivity index (χ1n) is 6.20. The lowest BCUT2D eigenvalue weighted by Crippen LogP contribution is -2.36. The smallest absolute Gasteiger partial charge is 0.305 e. The Labute approximate surface area is 111 Å². The summed E-state index contributed by atoms with van der Waals surface area (Å²) in [5.74, 6) is -1.40. The molecule has 0 aliphatic rings. The van der Waals surface area contributed by atoms with E-state index in [0.717, 1.165) is 12.8 Å². The Morgan fingerprint density at radius 3 is 2.68 bits per heavy atom. The SMILES string of the molecule is CCCCC(CC(=O)O)NC(=O)c1ccc(O)cn1. The third kappa shape index (κ3) is 5.37. The summed E-state index contributed by atoms with van der Waals surface area (Å²) in [6.45, 7) is 2.00. The van der Waals surface area contributed by atoms with E-state index >= 15 is 0 Å². The van der Waals surface area contributed by atoms with Crippen molar-refractivity contribution in [2.24, 2.45) is 0 Å². The zero-order chi connectivity index (χ0) is 14.3. The van der Waals surface area contributed by atoms with Crippen molar-refractivity contribution in [1.82, 2.24) is 10.3 Å². The molecule has 1 amide bonds. The lowest BCUT2D eigenvalue weighted by molar-refractivity contribution is -0.137. The standard InChI is InChI=1S/C13H18N2O4/c1-2-3-4-9(7-12(17)18)15-13(19)11-6-5-10(16)8-14-11/h5-6,8-9,16H,2-4,7H2,1H3,(H,15,19)(H,17,18). The van der Waals surface area contributed by atoms with Gasteiger partial charge in [0.2, 0.25) is 0 Å². The van der Waals surface area contributed by atoms with Crippen molar-refractivity contribution in [3.05, 3.63) is 24.0 Å². The first-order valence-corrected chi connectivity index (χ1v) is 6.20. The van der Waals surface area contributed by atoms with Crippen LogP contribution in [0.1, 0.15) is 43.1 Å². The number of nitrogens with zero attached hydrogens (tertiary/aromatic N) is 1. The number of amides is 1. The number of aromatic hydroxyl groups is 1. The van der Waals surface area contributed by atoms with Crippen LogP contribution in [0.5, 0.6) is 5.75 Å². The van der Waals surface area contributed by atoms with Crippen LogP contribution in [0.25, 0.3) is 0 Å². The monoisotopic (exact) mass is 266 g/mol. The second-order valence-corrected chi connectivity index (χ2v) is 4.31. The molecular formula is C13H18N2O4. The number of carboxylic acid groups (broad SMARTS) is 1. The molecular weight excluding hydrogens is 248 g/mol. The topological polar surface area (TPSA) is 99.5 Å². The minimum atomic E-state index is -0.944.